The Bertz CT molecular complexity index is 629. The summed E-state index contributed by atoms with van der Waals surface area (Å²) in [5.74, 6) is 7.23. The number of halogens is 1. The standard InChI is InChI=1S/C22H31NO.ClH/c1-7-19(2)18-24-21-13-11-12-20(16-21)17-23(6)15-10-8-9-14-22(3,4)5;/h7-8,10-13,16H,15,17-18H2,1-6H3;1H/b10-8+,19-7-;. The largest absolute Gasteiger partial charge is 0.489 e. The van der Waals surface area contributed by atoms with Gasteiger partial charge < -0.3 is 4.74 Å². The zero-order valence-corrected chi connectivity index (χ0v) is 17.2. The van der Waals surface area contributed by atoms with Gasteiger partial charge in [0.2, 0.25) is 0 Å². The highest BCUT2D eigenvalue weighted by molar-refractivity contribution is 5.85. The van der Waals surface area contributed by atoms with Crippen LogP contribution in [0.5, 0.6) is 5.75 Å². The van der Waals surface area contributed by atoms with Crippen LogP contribution in [0, 0.1) is 17.3 Å². The van der Waals surface area contributed by atoms with Crippen molar-refractivity contribution in [3.63, 3.8) is 0 Å². The molecular weight excluding hydrogens is 330 g/mol. The first-order valence-corrected chi connectivity index (χ1v) is 8.50. The molecule has 3 heteroatoms. The highest BCUT2D eigenvalue weighted by Crippen LogP contribution is 2.15. The molecule has 0 spiro atoms. The summed E-state index contributed by atoms with van der Waals surface area (Å²) < 4.78 is 5.81. The third kappa shape index (κ3) is 11.5. The Kier molecular flexibility index (Phi) is 11.0. The average Bonchev–Trinajstić information content (AvgIpc) is 2.51. The quantitative estimate of drug-likeness (QED) is 0.470. The van der Waals surface area contributed by atoms with Crippen LogP contribution in [0.25, 0.3) is 0 Å². The van der Waals surface area contributed by atoms with Gasteiger partial charge in [0.15, 0.2) is 0 Å². The van der Waals surface area contributed by atoms with E-state index in [1.807, 2.05) is 25.1 Å². The van der Waals surface area contributed by atoms with Crippen molar-refractivity contribution in [2.45, 2.75) is 41.2 Å². The molecule has 1 aromatic rings. The summed E-state index contributed by atoms with van der Waals surface area (Å²) in [7, 11) is 2.11. The van der Waals surface area contributed by atoms with Crippen LogP contribution < -0.4 is 4.74 Å². The molecule has 0 heterocycles. The van der Waals surface area contributed by atoms with Gasteiger partial charge in [-0.05, 0) is 71.0 Å². The van der Waals surface area contributed by atoms with E-state index in [4.69, 9.17) is 4.74 Å². The van der Waals surface area contributed by atoms with Crippen LogP contribution in [-0.4, -0.2) is 25.1 Å². The maximum absolute atomic E-state index is 5.81. The van der Waals surface area contributed by atoms with Gasteiger partial charge in [0.25, 0.3) is 0 Å². The minimum absolute atomic E-state index is 0. The van der Waals surface area contributed by atoms with Crippen molar-refractivity contribution >= 4 is 12.4 Å². The van der Waals surface area contributed by atoms with Crippen molar-refractivity contribution in [1.82, 2.24) is 4.90 Å². The molecule has 0 saturated heterocycles. The molecule has 0 fully saturated rings. The summed E-state index contributed by atoms with van der Waals surface area (Å²) in [4.78, 5) is 2.26. The van der Waals surface area contributed by atoms with Crippen molar-refractivity contribution in [3.8, 4) is 17.6 Å². The molecular formula is C22H32ClNO. The summed E-state index contributed by atoms with van der Waals surface area (Å²) in [6, 6.07) is 8.31. The van der Waals surface area contributed by atoms with Crippen molar-refractivity contribution in [2.75, 3.05) is 20.2 Å². The molecule has 1 rings (SSSR count). The minimum atomic E-state index is 0. The van der Waals surface area contributed by atoms with E-state index in [9.17, 15) is 0 Å². The molecule has 0 aliphatic heterocycles. The fraction of sp³-hybridized carbons (Fsp3) is 0.455. The molecule has 25 heavy (non-hydrogen) atoms. The van der Waals surface area contributed by atoms with Crippen LogP contribution in [-0.2, 0) is 6.54 Å². The normalized spacial score (nSPS) is 11.9. The number of ether oxygens (including phenoxy) is 1. The SMILES string of the molecule is C/C=C(/C)COc1cccc(CN(C)C/C=C/C#CC(C)(C)C)c1.Cl. The Balaban J connectivity index is 0.00000576. The van der Waals surface area contributed by atoms with Crippen molar-refractivity contribution < 1.29 is 4.74 Å². The van der Waals surface area contributed by atoms with E-state index in [1.165, 1.54) is 11.1 Å². The molecule has 1 aromatic carbocycles. The zero-order valence-electron chi connectivity index (χ0n) is 16.4. The molecule has 0 saturated carbocycles. The van der Waals surface area contributed by atoms with Crippen LogP contribution in [0.15, 0.2) is 48.1 Å². The van der Waals surface area contributed by atoms with Gasteiger partial charge in [0.05, 0.1) is 0 Å². The highest BCUT2D eigenvalue weighted by Gasteiger charge is 2.03. The third-order valence-corrected chi connectivity index (χ3v) is 3.38. The Morgan fingerprint density at radius 3 is 2.64 bits per heavy atom. The van der Waals surface area contributed by atoms with Gasteiger partial charge in [-0.1, -0.05) is 36.1 Å². The van der Waals surface area contributed by atoms with Crippen LogP contribution in [0.3, 0.4) is 0 Å². The first-order chi connectivity index (χ1) is 11.3. The summed E-state index contributed by atoms with van der Waals surface area (Å²) in [5, 5.41) is 0. The Labute approximate surface area is 160 Å². The number of allylic oxidation sites excluding steroid dienone is 2. The van der Waals surface area contributed by atoms with Crippen LogP contribution in [0.1, 0.15) is 40.2 Å². The molecule has 0 atom stereocenters. The van der Waals surface area contributed by atoms with Gasteiger partial charge in [-0.25, -0.2) is 0 Å². The van der Waals surface area contributed by atoms with Gasteiger partial charge in [-0.15, -0.1) is 12.4 Å². The lowest BCUT2D eigenvalue weighted by Crippen LogP contribution is -2.17. The predicted molar refractivity (Wildman–Crippen MR) is 111 cm³/mol. The van der Waals surface area contributed by atoms with Crippen LogP contribution in [0.2, 0.25) is 0 Å². The smallest absolute Gasteiger partial charge is 0.120 e. The van der Waals surface area contributed by atoms with E-state index in [0.29, 0.717) is 6.61 Å². The van der Waals surface area contributed by atoms with Gasteiger partial charge in [-0.3, -0.25) is 4.90 Å². The second-order valence-electron chi connectivity index (χ2n) is 7.19. The predicted octanol–water partition coefficient (Wildman–Crippen LogP) is 5.49. The molecule has 0 amide bonds. The first kappa shape index (κ1) is 23.3. The monoisotopic (exact) mass is 361 g/mol. The van der Waals surface area contributed by atoms with E-state index >= 15 is 0 Å². The fourth-order valence-corrected chi connectivity index (χ4v) is 1.94. The molecule has 0 aliphatic carbocycles. The van der Waals surface area contributed by atoms with Crippen LogP contribution in [0.4, 0.5) is 0 Å². The number of nitrogens with zero attached hydrogens (tertiary/aromatic N) is 1. The Morgan fingerprint density at radius 2 is 2.00 bits per heavy atom. The number of rotatable bonds is 7. The molecule has 2 nitrogen and oxygen atoms in total. The second kappa shape index (κ2) is 11.8. The molecule has 0 aliphatic rings. The molecule has 138 valence electrons. The zero-order chi connectivity index (χ0) is 18.0. The van der Waals surface area contributed by atoms with E-state index in [2.05, 4.69) is 75.8 Å². The van der Waals surface area contributed by atoms with Crippen molar-refractivity contribution in [2.24, 2.45) is 5.41 Å². The van der Waals surface area contributed by atoms with E-state index in [-0.39, 0.29) is 17.8 Å². The van der Waals surface area contributed by atoms with E-state index in [0.717, 1.165) is 18.8 Å². The van der Waals surface area contributed by atoms with Gasteiger partial charge >= 0.3 is 0 Å². The Hall–Kier alpha value is -1.69. The van der Waals surface area contributed by atoms with Gasteiger partial charge in [-0.2, -0.15) is 0 Å². The summed E-state index contributed by atoms with van der Waals surface area (Å²) in [6.07, 6.45) is 6.13. The van der Waals surface area contributed by atoms with Gasteiger partial charge in [0.1, 0.15) is 12.4 Å². The molecule has 0 aromatic heterocycles. The topological polar surface area (TPSA) is 12.5 Å². The van der Waals surface area contributed by atoms with E-state index < -0.39 is 0 Å². The first-order valence-electron chi connectivity index (χ1n) is 8.50. The summed E-state index contributed by atoms with van der Waals surface area (Å²) >= 11 is 0. The lowest BCUT2D eigenvalue weighted by Gasteiger charge is -2.15. The molecule has 0 bridgehead atoms. The number of benzene rings is 1. The molecule has 0 N–H and O–H groups in total. The average molecular weight is 362 g/mol. The lowest BCUT2D eigenvalue weighted by atomic mass is 9.98. The van der Waals surface area contributed by atoms with Gasteiger partial charge in [0, 0.05) is 18.5 Å². The number of hydrogen-bond acceptors (Lipinski definition) is 2. The second-order valence-corrected chi connectivity index (χ2v) is 7.19. The number of hydrogen-bond donors (Lipinski definition) is 0. The van der Waals surface area contributed by atoms with E-state index in [1.54, 1.807) is 0 Å². The van der Waals surface area contributed by atoms with Crippen molar-refractivity contribution in [1.29, 1.82) is 0 Å². The molecule has 0 radical (unpaired) electrons. The Morgan fingerprint density at radius 1 is 1.28 bits per heavy atom. The molecule has 0 unspecified atom stereocenters. The maximum atomic E-state index is 5.81. The summed E-state index contributed by atoms with van der Waals surface area (Å²) in [5.41, 5.74) is 2.54. The van der Waals surface area contributed by atoms with Crippen molar-refractivity contribution in [3.05, 3.63) is 53.6 Å². The maximum Gasteiger partial charge on any atom is 0.120 e. The number of likely N-dealkylation sites (N-methyl/N-ethyl adjacent to an activating group) is 1. The van der Waals surface area contributed by atoms with Crippen LogP contribution >= 0.6 is 12.4 Å². The third-order valence-electron chi connectivity index (χ3n) is 3.38. The highest BCUT2D eigenvalue weighted by atomic mass is 35.5. The minimum Gasteiger partial charge on any atom is -0.489 e. The summed E-state index contributed by atoms with van der Waals surface area (Å²) in [6.45, 7) is 12.9. The lowest BCUT2D eigenvalue weighted by molar-refractivity contribution is 0.346. The fourth-order valence-electron chi connectivity index (χ4n) is 1.94.